The number of aromatic nitrogens is 1. The summed E-state index contributed by atoms with van der Waals surface area (Å²) in [5.74, 6) is -1.24. The zero-order valence-corrected chi connectivity index (χ0v) is 10.1. The van der Waals surface area contributed by atoms with Crippen molar-refractivity contribution in [2.24, 2.45) is 0 Å². The van der Waals surface area contributed by atoms with Crippen molar-refractivity contribution in [2.75, 3.05) is 0 Å². The standard InChI is InChI=1S/C13H10ClNO3/c14-11-3-1-9(2-4-11)7-12(16)15-6-5-10(8-15)13(17)18/h1-6,8H,7H2,(H,17,18). The number of hydrogen-bond donors (Lipinski definition) is 1. The second kappa shape index (κ2) is 5.06. The van der Waals surface area contributed by atoms with Crippen molar-refractivity contribution in [2.45, 2.75) is 6.42 Å². The Kier molecular flexibility index (Phi) is 3.48. The molecule has 0 bridgehead atoms. The molecule has 0 saturated carbocycles. The zero-order valence-electron chi connectivity index (χ0n) is 9.34. The molecule has 0 aliphatic heterocycles. The lowest BCUT2D eigenvalue weighted by molar-refractivity contribution is 0.0697. The van der Waals surface area contributed by atoms with E-state index in [1.807, 2.05) is 0 Å². The molecule has 1 heterocycles. The Labute approximate surface area is 108 Å². The van der Waals surface area contributed by atoms with E-state index in [4.69, 9.17) is 16.7 Å². The highest BCUT2D eigenvalue weighted by atomic mass is 35.5. The molecule has 0 saturated heterocycles. The summed E-state index contributed by atoms with van der Waals surface area (Å²) in [6.07, 6.45) is 2.95. The first-order valence-electron chi connectivity index (χ1n) is 5.25. The average Bonchev–Trinajstić information content (AvgIpc) is 2.81. The van der Waals surface area contributed by atoms with Gasteiger partial charge in [-0.05, 0) is 23.8 Å². The molecule has 0 radical (unpaired) electrons. The van der Waals surface area contributed by atoms with E-state index < -0.39 is 5.97 Å². The van der Waals surface area contributed by atoms with Crippen LogP contribution in [0, 0.1) is 0 Å². The van der Waals surface area contributed by atoms with Gasteiger partial charge in [-0.25, -0.2) is 4.79 Å². The van der Waals surface area contributed by atoms with Crippen LogP contribution in [0.5, 0.6) is 0 Å². The summed E-state index contributed by atoms with van der Waals surface area (Å²) in [7, 11) is 0. The Hall–Kier alpha value is -2.07. The third-order valence-corrected chi connectivity index (χ3v) is 2.75. The summed E-state index contributed by atoms with van der Waals surface area (Å²) in [6, 6.07) is 8.34. The highest BCUT2D eigenvalue weighted by molar-refractivity contribution is 6.30. The summed E-state index contributed by atoms with van der Waals surface area (Å²) in [4.78, 5) is 22.6. The predicted molar refractivity (Wildman–Crippen MR) is 67.2 cm³/mol. The first kappa shape index (κ1) is 12.4. The van der Waals surface area contributed by atoms with Crippen LogP contribution in [-0.2, 0) is 6.42 Å². The van der Waals surface area contributed by atoms with Crippen molar-refractivity contribution >= 4 is 23.5 Å². The Morgan fingerprint density at radius 2 is 1.83 bits per heavy atom. The summed E-state index contributed by atoms with van der Waals surface area (Å²) in [5.41, 5.74) is 0.925. The lowest BCUT2D eigenvalue weighted by atomic mass is 10.1. The Balaban J connectivity index is 2.11. The van der Waals surface area contributed by atoms with Crippen LogP contribution in [0.15, 0.2) is 42.7 Å². The van der Waals surface area contributed by atoms with E-state index in [0.717, 1.165) is 5.56 Å². The van der Waals surface area contributed by atoms with Crippen LogP contribution < -0.4 is 0 Å². The Morgan fingerprint density at radius 3 is 2.39 bits per heavy atom. The topological polar surface area (TPSA) is 59.3 Å². The fourth-order valence-electron chi connectivity index (χ4n) is 1.55. The van der Waals surface area contributed by atoms with Crippen LogP contribution in [0.1, 0.15) is 20.7 Å². The number of nitrogens with zero attached hydrogens (tertiary/aromatic N) is 1. The summed E-state index contributed by atoms with van der Waals surface area (Å²) in [6.45, 7) is 0. The van der Waals surface area contributed by atoms with E-state index in [-0.39, 0.29) is 17.9 Å². The largest absolute Gasteiger partial charge is 0.478 e. The molecule has 1 N–H and O–H groups in total. The lowest BCUT2D eigenvalue weighted by Gasteiger charge is -2.02. The minimum absolute atomic E-state index is 0.0967. The molecule has 2 rings (SSSR count). The maximum atomic E-state index is 11.9. The number of carbonyl (C=O) groups is 2. The van der Waals surface area contributed by atoms with Gasteiger partial charge >= 0.3 is 5.97 Å². The van der Waals surface area contributed by atoms with Gasteiger partial charge in [0.15, 0.2) is 0 Å². The van der Waals surface area contributed by atoms with Crippen LogP contribution in [0.3, 0.4) is 0 Å². The van der Waals surface area contributed by atoms with Gasteiger partial charge in [-0.1, -0.05) is 23.7 Å². The maximum absolute atomic E-state index is 11.9. The molecule has 0 unspecified atom stereocenters. The SMILES string of the molecule is O=C(O)c1ccn(C(=O)Cc2ccc(Cl)cc2)c1. The third-order valence-electron chi connectivity index (χ3n) is 2.50. The molecule has 0 aliphatic carbocycles. The fraction of sp³-hybridized carbons (Fsp3) is 0.0769. The number of carboxylic acids is 1. The van der Waals surface area contributed by atoms with Crippen LogP contribution in [0.4, 0.5) is 0 Å². The fourth-order valence-corrected chi connectivity index (χ4v) is 1.67. The van der Waals surface area contributed by atoms with Gasteiger partial charge in [0.05, 0.1) is 12.0 Å². The van der Waals surface area contributed by atoms with Crippen molar-refractivity contribution in [3.05, 3.63) is 58.9 Å². The molecular formula is C13H10ClNO3. The van der Waals surface area contributed by atoms with E-state index in [2.05, 4.69) is 0 Å². The molecule has 0 amide bonds. The zero-order chi connectivity index (χ0) is 13.1. The van der Waals surface area contributed by atoms with Crippen molar-refractivity contribution < 1.29 is 14.7 Å². The number of carbonyl (C=O) groups excluding carboxylic acids is 1. The van der Waals surface area contributed by atoms with E-state index in [1.54, 1.807) is 24.3 Å². The lowest BCUT2D eigenvalue weighted by Crippen LogP contribution is -2.11. The van der Waals surface area contributed by atoms with E-state index in [1.165, 1.54) is 23.0 Å². The average molecular weight is 264 g/mol. The summed E-state index contributed by atoms with van der Waals surface area (Å²) >= 11 is 5.75. The number of hydrogen-bond acceptors (Lipinski definition) is 2. The molecule has 0 aliphatic rings. The highest BCUT2D eigenvalue weighted by Crippen LogP contribution is 2.11. The minimum Gasteiger partial charge on any atom is -0.478 e. The molecule has 0 fully saturated rings. The number of rotatable bonds is 3. The molecule has 18 heavy (non-hydrogen) atoms. The number of carboxylic acid groups (broad SMARTS) is 1. The molecule has 0 atom stereocenters. The summed E-state index contributed by atoms with van der Waals surface area (Å²) in [5, 5.41) is 9.37. The van der Waals surface area contributed by atoms with Crippen molar-refractivity contribution in [3.8, 4) is 0 Å². The molecule has 92 valence electrons. The van der Waals surface area contributed by atoms with E-state index >= 15 is 0 Å². The van der Waals surface area contributed by atoms with E-state index in [0.29, 0.717) is 5.02 Å². The van der Waals surface area contributed by atoms with Gasteiger partial charge in [0.2, 0.25) is 5.91 Å². The Bertz CT molecular complexity index is 587. The van der Waals surface area contributed by atoms with Gasteiger partial charge in [-0.2, -0.15) is 0 Å². The molecule has 1 aromatic carbocycles. The smallest absolute Gasteiger partial charge is 0.337 e. The minimum atomic E-state index is -1.05. The predicted octanol–water partition coefficient (Wildman–Crippen LogP) is 2.72. The van der Waals surface area contributed by atoms with Gasteiger partial charge in [0.25, 0.3) is 0 Å². The normalized spacial score (nSPS) is 10.3. The van der Waals surface area contributed by atoms with Gasteiger partial charge < -0.3 is 5.11 Å². The van der Waals surface area contributed by atoms with Crippen molar-refractivity contribution in [1.82, 2.24) is 4.57 Å². The van der Waals surface area contributed by atoms with Gasteiger partial charge in [0.1, 0.15) is 0 Å². The van der Waals surface area contributed by atoms with Gasteiger partial charge in [0, 0.05) is 17.4 Å². The molecule has 2 aromatic rings. The molecule has 4 nitrogen and oxygen atoms in total. The van der Waals surface area contributed by atoms with Crippen LogP contribution in [0.25, 0.3) is 0 Å². The van der Waals surface area contributed by atoms with Gasteiger partial charge in [-0.3, -0.25) is 9.36 Å². The maximum Gasteiger partial charge on any atom is 0.337 e. The van der Waals surface area contributed by atoms with Crippen LogP contribution in [0.2, 0.25) is 5.02 Å². The number of benzene rings is 1. The third kappa shape index (κ3) is 2.78. The molecule has 5 heteroatoms. The molecular weight excluding hydrogens is 254 g/mol. The quantitative estimate of drug-likeness (QED) is 0.926. The van der Waals surface area contributed by atoms with Crippen LogP contribution in [-0.4, -0.2) is 21.6 Å². The van der Waals surface area contributed by atoms with Crippen molar-refractivity contribution in [3.63, 3.8) is 0 Å². The second-order valence-corrected chi connectivity index (χ2v) is 4.25. The molecule has 1 aromatic heterocycles. The molecule has 0 spiro atoms. The summed E-state index contributed by atoms with van der Waals surface area (Å²) < 4.78 is 1.28. The van der Waals surface area contributed by atoms with Gasteiger partial charge in [-0.15, -0.1) is 0 Å². The van der Waals surface area contributed by atoms with Crippen molar-refractivity contribution in [1.29, 1.82) is 0 Å². The number of halogens is 1. The first-order chi connectivity index (χ1) is 8.56. The second-order valence-electron chi connectivity index (χ2n) is 3.81. The Morgan fingerprint density at radius 1 is 1.17 bits per heavy atom. The van der Waals surface area contributed by atoms with E-state index in [9.17, 15) is 9.59 Å². The van der Waals surface area contributed by atoms with Crippen LogP contribution >= 0.6 is 11.6 Å². The monoisotopic (exact) mass is 263 g/mol. The number of aromatic carboxylic acids is 1. The highest BCUT2D eigenvalue weighted by Gasteiger charge is 2.10. The first-order valence-corrected chi connectivity index (χ1v) is 5.63.